The molecule has 0 saturated heterocycles. The Morgan fingerprint density at radius 3 is 2.27 bits per heavy atom. The van der Waals surface area contributed by atoms with Crippen LogP contribution in [-0.4, -0.2) is 18.9 Å². The molecule has 0 radical (unpaired) electrons. The van der Waals surface area contributed by atoms with Gasteiger partial charge in [0.1, 0.15) is 17.2 Å². The molecule has 0 aliphatic carbocycles. The van der Waals surface area contributed by atoms with E-state index in [9.17, 15) is 14.4 Å². The molecule has 9 nitrogen and oxygen atoms in total. The van der Waals surface area contributed by atoms with Crippen molar-refractivity contribution in [3.8, 4) is 0 Å². The van der Waals surface area contributed by atoms with Gasteiger partial charge in [0, 0.05) is 18.8 Å². The molecule has 0 amide bonds. The maximum atomic E-state index is 13.1. The number of nitrogen functional groups attached to an aromatic ring is 1. The highest BCUT2D eigenvalue weighted by atomic mass is 16.2. The van der Waals surface area contributed by atoms with Crippen LogP contribution in [0.2, 0.25) is 0 Å². The fraction of sp³-hybridized carbons (Fsp3) is 0.143. The van der Waals surface area contributed by atoms with Crippen LogP contribution >= 0.6 is 0 Å². The van der Waals surface area contributed by atoms with Crippen LogP contribution in [0.15, 0.2) is 99.4 Å². The van der Waals surface area contributed by atoms with Crippen molar-refractivity contribution in [2.45, 2.75) is 26.6 Å². The number of anilines is 2. The lowest BCUT2D eigenvalue weighted by Gasteiger charge is -2.26. The number of aryl methyl sites for hydroxylation is 1. The molecular formula is C28H26N6O3. The highest BCUT2D eigenvalue weighted by Gasteiger charge is 2.21. The van der Waals surface area contributed by atoms with Gasteiger partial charge in [-0.1, -0.05) is 66.7 Å². The fourth-order valence-electron chi connectivity index (χ4n) is 4.41. The van der Waals surface area contributed by atoms with Crippen molar-refractivity contribution >= 4 is 17.2 Å². The minimum Gasteiger partial charge on any atom is -0.383 e. The summed E-state index contributed by atoms with van der Waals surface area (Å²) in [5, 5.41) is 0. The Labute approximate surface area is 212 Å². The van der Waals surface area contributed by atoms with E-state index in [0.29, 0.717) is 17.9 Å². The molecule has 37 heavy (non-hydrogen) atoms. The third-order valence-electron chi connectivity index (χ3n) is 6.22. The SMILES string of the molecule is Cc1cccn2c(=O)cc(CN(Cc3ccccc3)c3c(N)n(Cc4ccccc4)c(=O)[nH]c3=O)nc12. The van der Waals surface area contributed by atoms with Crippen molar-refractivity contribution in [2.75, 3.05) is 10.6 Å². The summed E-state index contributed by atoms with van der Waals surface area (Å²) in [6, 6.07) is 24.1. The molecule has 0 unspecified atom stereocenters. The first-order chi connectivity index (χ1) is 17.9. The standard InChI is InChI=1S/C28H26N6O3/c1-19-9-8-14-33-23(35)15-22(30-26(19)33)18-32(16-20-10-4-2-5-11-20)24-25(29)34(28(37)31-27(24)36)17-21-12-6-3-7-13-21/h2-15H,16-18,29H2,1H3,(H,31,36,37). The first-order valence-electron chi connectivity index (χ1n) is 11.8. The number of aromatic amines is 1. The summed E-state index contributed by atoms with van der Waals surface area (Å²) in [6.45, 7) is 2.52. The number of aromatic nitrogens is 4. The quantitative estimate of drug-likeness (QED) is 0.359. The van der Waals surface area contributed by atoms with Gasteiger partial charge in [-0.2, -0.15) is 0 Å². The Morgan fingerprint density at radius 2 is 1.57 bits per heavy atom. The van der Waals surface area contributed by atoms with Crippen molar-refractivity contribution in [3.05, 3.63) is 139 Å². The predicted molar refractivity (Wildman–Crippen MR) is 144 cm³/mol. The minimum atomic E-state index is -0.601. The highest BCUT2D eigenvalue weighted by molar-refractivity contribution is 5.63. The maximum absolute atomic E-state index is 13.1. The van der Waals surface area contributed by atoms with Gasteiger partial charge < -0.3 is 10.6 Å². The van der Waals surface area contributed by atoms with Crippen molar-refractivity contribution in [2.24, 2.45) is 0 Å². The number of nitrogens with zero attached hydrogens (tertiary/aromatic N) is 4. The summed E-state index contributed by atoms with van der Waals surface area (Å²) < 4.78 is 2.83. The summed E-state index contributed by atoms with van der Waals surface area (Å²) in [6.07, 6.45) is 1.67. The zero-order valence-corrected chi connectivity index (χ0v) is 20.3. The largest absolute Gasteiger partial charge is 0.383 e. The Morgan fingerprint density at radius 1 is 0.892 bits per heavy atom. The van der Waals surface area contributed by atoms with E-state index in [2.05, 4.69) is 4.98 Å². The van der Waals surface area contributed by atoms with Crippen LogP contribution in [0, 0.1) is 6.92 Å². The molecular weight excluding hydrogens is 468 g/mol. The number of rotatable bonds is 7. The number of H-pyrrole nitrogens is 1. The lowest BCUT2D eigenvalue weighted by Crippen LogP contribution is -2.38. The topological polar surface area (TPSA) is 118 Å². The second-order valence-corrected chi connectivity index (χ2v) is 8.88. The lowest BCUT2D eigenvalue weighted by atomic mass is 10.2. The zero-order valence-electron chi connectivity index (χ0n) is 20.3. The number of benzene rings is 2. The number of hydrogen-bond donors (Lipinski definition) is 2. The Balaban J connectivity index is 1.63. The molecule has 0 spiro atoms. The van der Waals surface area contributed by atoms with Gasteiger partial charge in [-0.3, -0.25) is 23.5 Å². The summed E-state index contributed by atoms with van der Waals surface area (Å²) in [4.78, 5) is 47.6. The molecule has 9 heteroatoms. The second-order valence-electron chi connectivity index (χ2n) is 8.88. The van der Waals surface area contributed by atoms with Gasteiger partial charge in [-0.05, 0) is 29.7 Å². The molecule has 0 aliphatic rings. The first-order valence-corrected chi connectivity index (χ1v) is 11.8. The van der Waals surface area contributed by atoms with Crippen molar-refractivity contribution < 1.29 is 0 Å². The molecule has 3 aromatic heterocycles. The van der Waals surface area contributed by atoms with Gasteiger partial charge >= 0.3 is 5.69 Å². The summed E-state index contributed by atoms with van der Waals surface area (Å²) in [7, 11) is 0. The molecule has 3 heterocycles. The van der Waals surface area contributed by atoms with E-state index in [1.165, 1.54) is 15.0 Å². The number of hydrogen-bond acceptors (Lipinski definition) is 6. The predicted octanol–water partition coefficient (Wildman–Crippen LogP) is 2.69. The van der Waals surface area contributed by atoms with Gasteiger partial charge in [-0.25, -0.2) is 9.78 Å². The number of fused-ring (bicyclic) bond motifs is 1. The Bertz CT molecular complexity index is 1740. The molecule has 186 valence electrons. The minimum absolute atomic E-state index is 0.0437. The number of pyridine rings is 1. The Kier molecular flexibility index (Phi) is 6.42. The Hall–Kier alpha value is -4.92. The van der Waals surface area contributed by atoms with Gasteiger partial charge in [0.05, 0.1) is 18.8 Å². The van der Waals surface area contributed by atoms with Crippen molar-refractivity contribution in [3.63, 3.8) is 0 Å². The second kappa shape index (κ2) is 9.98. The smallest absolute Gasteiger partial charge is 0.330 e. The van der Waals surface area contributed by atoms with Crippen LogP contribution in [-0.2, 0) is 19.6 Å². The molecule has 0 bridgehead atoms. The van der Waals surface area contributed by atoms with Crippen LogP contribution in [0.25, 0.3) is 5.65 Å². The van der Waals surface area contributed by atoms with E-state index < -0.39 is 11.2 Å². The van der Waals surface area contributed by atoms with Crippen LogP contribution in [0.3, 0.4) is 0 Å². The van der Waals surface area contributed by atoms with Crippen molar-refractivity contribution in [1.29, 1.82) is 0 Å². The van der Waals surface area contributed by atoms with Crippen LogP contribution in [0.1, 0.15) is 22.4 Å². The van der Waals surface area contributed by atoms with E-state index in [4.69, 9.17) is 10.7 Å². The van der Waals surface area contributed by atoms with Gasteiger partial charge in [-0.15, -0.1) is 0 Å². The van der Waals surface area contributed by atoms with Crippen LogP contribution in [0.5, 0.6) is 0 Å². The summed E-state index contributed by atoms with van der Waals surface area (Å²) in [5.74, 6) is 0.0437. The number of nitrogens with two attached hydrogens (primary N) is 1. The normalized spacial score (nSPS) is 11.1. The molecule has 2 aromatic carbocycles. The van der Waals surface area contributed by atoms with E-state index in [1.54, 1.807) is 17.2 Å². The molecule has 0 fully saturated rings. The highest BCUT2D eigenvalue weighted by Crippen LogP contribution is 2.22. The number of nitrogens with one attached hydrogen (secondary N) is 1. The van der Waals surface area contributed by atoms with Gasteiger partial charge in [0.25, 0.3) is 11.1 Å². The third kappa shape index (κ3) is 4.92. The monoisotopic (exact) mass is 494 g/mol. The van der Waals surface area contributed by atoms with E-state index >= 15 is 0 Å². The molecule has 0 atom stereocenters. The first kappa shape index (κ1) is 23.8. The molecule has 0 aliphatic heterocycles. The van der Waals surface area contributed by atoms with E-state index in [-0.39, 0.29) is 30.2 Å². The van der Waals surface area contributed by atoms with Crippen molar-refractivity contribution in [1.82, 2.24) is 18.9 Å². The summed E-state index contributed by atoms with van der Waals surface area (Å²) in [5.41, 5.74) is 8.90. The average molecular weight is 495 g/mol. The van der Waals surface area contributed by atoms with Crippen LogP contribution in [0.4, 0.5) is 11.5 Å². The fourth-order valence-corrected chi connectivity index (χ4v) is 4.41. The van der Waals surface area contributed by atoms with E-state index in [1.807, 2.05) is 73.7 Å². The van der Waals surface area contributed by atoms with Gasteiger partial charge in [0.2, 0.25) is 0 Å². The van der Waals surface area contributed by atoms with Gasteiger partial charge in [0.15, 0.2) is 0 Å². The molecule has 5 aromatic rings. The van der Waals surface area contributed by atoms with Crippen LogP contribution < -0.4 is 27.4 Å². The average Bonchev–Trinajstić information content (AvgIpc) is 2.88. The zero-order chi connectivity index (χ0) is 25.9. The molecule has 5 rings (SSSR count). The molecule has 3 N–H and O–H groups in total. The molecule has 0 saturated carbocycles. The third-order valence-corrected chi connectivity index (χ3v) is 6.22. The van der Waals surface area contributed by atoms with E-state index in [0.717, 1.165) is 16.7 Å². The lowest BCUT2D eigenvalue weighted by molar-refractivity contribution is 0.708. The summed E-state index contributed by atoms with van der Waals surface area (Å²) >= 11 is 0. The maximum Gasteiger partial charge on any atom is 0.330 e.